The first-order chi connectivity index (χ1) is 11.4. The van der Waals surface area contributed by atoms with Gasteiger partial charge in [0, 0.05) is 13.6 Å². The number of hydrogen-bond acceptors (Lipinski definition) is 3. The van der Waals surface area contributed by atoms with Crippen LogP contribution in [0.15, 0.2) is 36.5 Å². The van der Waals surface area contributed by atoms with E-state index in [9.17, 15) is 4.79 Å². The van der Waals surface area contributed by atoms with Crippen LogP contribution in [0.4, 0.5) is 0 Å². The zero-order valence-corrected chi connectivity index (χ0v) is 16.3. The molecule has 0 aliphatic carbocycles. The fraction of sp³-hybridized carbons (Fsp3) is 0.474. The maximum Gasteiger partial charge on any atom is 0.257 e. The van der Waals surface area contributed by atoms with Gasteiger partial charge in [0.1, 0.15) is 0 Å². The smallest absolute Gasteiger partial charge is 0.257 e. The van der Waals surface area contributed by atoms with Gasteiger partial charge in [0.05, 0.1) is 24.0 Å². The van der Waals surface area contributed by atoms with E-state index in [1.807, 2.05) is 29.9 Å². The highest BCUT2D eigenvalue weighted by Crippen LogP contribution is 2.18. The highest BCUT2D eigenvalue weighted by Gasteiger charge is 2.24. The first-order valence-corrected chi connectivity index (χ1v) is 8.42. The Kier molecular flexibility index (Phi) is 7.64. The Balaban J connectivity index is 0.00000312. The molecule has 2 N–H and O–H groups in total. The minimum absolute atomic E-state index is 0. The summed E-state index contributed by atoms with van der Waals surface area (Å²) in [6, 6.07) is 10.2. The third-order valence-corrected chi connectivity index (χ3v) is 4.25. The quantitative estimate of drug-likeness (QED) is 0.821. The normalized spacial score (nSPS) is 11.1. The van der Waals surface area contributed by atoms with Gasteiger partial charge in [-0.1, -0.05) is 51.1 Å². The Morgan fingerprint density at radius 3 is 2.48 bits per heavy atom. The van der Waals surface area contributed by atoms with Crippen molar-refractivity contribution in [2.24, 2.45) is 11.1 Å². The van der Waals surface area contributed by atoms with E-state index in [-0.39, 0.29) is 23.7 Å². The summed E-state index contributed by atoms with van der Waals surface area (Å²) in [4.78, 5) is 14.6. The summed E-state index contributed by atoms with van der Waals surface area (Å²) in [5, 5.41) is 4.45. The third-order valence-electron chi connectivity index (χ3n) is 4.25. The van der Waals surface area contributed by atoms with Crippen LogP contribution in [0.1, 0.15) is 42.4 Å². The van der Waals surface area contributed by atoms with Crippen molar-refractivity contribution < 1.29 is 4.79 Å². The highest BCUT2D eigenvalue weighted by atomic mass is 35.5. The number of hydrogen-bond donors (Lipinski definition) is 1. The number of aromatic nitrogens is 2. The molecule has 0 bridgehead atoms. The Bertz CT molecular complexity index is 682. The van der Waals surface area contributed by atoms with Gasteiger partial charge in [-0.3, -0.25) is 9.48 Å². The topological polar surface area (TPSA) is 64.2 Å². The lowest BCUT2D eigenvalue weighted by Crippen LogP contribution is -2.40. The second-order valence-corrected chi connectivity index (χ2v) is 7.03. The maximum absolute atomic E-state index is 12.8. The number of amides is 1. The summed E-state index contributed by atoms with van der Waals surface area (Å²) >= 11 is 0. The molecule has 0 saturated carbocycles. The highest BCUT2D eigenvalue weighted by molar-refractivity contribution is 5.95. The van der Waals surface area contributed by atoms with E-state index in [0.717, 1.165) is 12.1 Å². The van der Waals surface area contributed by atoms with Crippen molar-refractivity contribution in [1.82, 2.24) is 14.7 Å². The number of halogens is 1. The van der Waals surface area contributed by atoms with Crippen LogP contribution in [0, 0.1) is 5.41 Å². The molecule has 1 amide bonds. The first kappa shape index (κ1) is 21.2. The second-order valence-electron chi connectivity index (χ2n) is 7.03. The molecular formula is C19H29ClN4O. The fourth-order valence-electron chi connectivity index (χ4n) is 2.84. The van der Waals surface area contributed by atoms with Gasteiger partial charge in [0.2, 0.25) is 0 Å². The number of nitrogens with zero attached hydrogens (tertiary/aromatic N) is 3. The summed E-state index contributed by atoms with van der Waals surface area (Å²) in [5.74, 6) is 0.00712. The predicted octanol–water partition coefficient (Wildman–Crippen LogP) is 2.97. The molecule has 2 rings (SSSR count). The Labute approximate surface area is 156 Å². The van der Waals surface area contributed by atoms with Gasteiger partial charge in [-0.05, 0) is 23.9 Å². The van der Waals surface area contributed by atoms with E-state index in [1.54, 1.807) is 11.1 Å². The van der Waals surface area contributed by atoms with Crippen LogP contribution in [-0.2, 0) is 13.0 Å². The van der Waals surface area contributed by atoms with E-state index in [2.05, 4.69) is 38.0 Å². The van der Waals surface area contributed by atoms with Crippen LogP contribution in [0.5, 0.6) is 0 Å². The maximum atomic E-state index is 12.8. The average molecular weight is 365 g/mol. The molecule has 1 aromatic carbocycles. The molecule has 0 atom stereocenters. The number of rotatable bonds is 7. The SMILES string of the molecule is CCc1c(C(=O)N(C)CC(C)(C)CN)cnn1Cc1ccccc1.Cl. The molecule has 1 heterocycles. The fourth-order valence-corrected chi connectivity index (χ4v) is 2.84. The van der Waals surface area contributed by atoms with Crippen LogP contribution in [0.2, 0.25) is 0 Å². The standard InChI is InChI=1S/C19H28N4O.ClH/c1-5-17-16(18(24)22(4)14-19(2,3)13-20)11-21-23(17)12-15-9-7-6-8-10-15;/h6-11H,5,12-14,20H2,1-4H3;1H. The van der Waals surface area contributed by atoms with Crippen LogP contribution in [-0.4, -0.2) is 40.7 Å². The summed E-state index contributed by atoms with van der Waals surface area (Å²) in [7, 11) is 1.83. The molecule has 0 unspecified atom stereocenters. The molecule has 0 aliphatic heterocycles. The summed E-state index contributed by atoms with van der Waals surface area (Å²) in [5.41, 5.74) is 8.52. The van der Waals surface area contributed by atoms with Crippen molar-refractivity contribution in [2.45, 2.75) is 33.7 Å². The summed E-state index contributed by atoms with van der Waals surface area (Å²) < 4.78 is 1.92. The van der Waals surface area contributed by atoms with Gasteiger partial charge < -0.3 is 10.6 Å². The van der Waals surface area contributed by atoms with Crippen molar-refractivity contribution in [3.05, 3.63) is 53.3 Å². The molecule has 1 aromatic heterocycles. The van der Waals surface area contributed by atoms with Crippen molar-refractivity contribution in [3.8, 4) is 0 Å². The van der Waals surface area contributed by atoms with E-state index in [1.165, 1.54) is 5.56 Å². The molecule has 0 aliphatic rings. The lowest BCUT2D eigenvalue weighted by Gasteiger charge is -2.29. The van der Waals surface area contributed by atoms with Crippen LogP contribution < -0.4 is 5.73 Å². The zero-order chi connectivity index (χ0) is 17.7. The molecule has 6 heteroatoms. The lowest BCUT2D eigenvalue weighted by molar-refractivity contribution is 0.0739. The minimum atomic E-state index is -0.100. The molecule has 0 spiro atoms. The first-order valence-electron chi connectivity index (χ1n) is 8.42. The van der Waals surface area contributed by atoms with E-state index < -0.39 is 0 Å². The van der Waals surface area contributed by atoms with Gasteiger partial charge in [0.15, 0.2) is 0 Å². The molecule has 138 valence electrons. The molecule has 5 nitrogen and oxygen atoms in total. The number of nitrogens with two attached hydrogens (primary N) is 1. The lowest BCUT2D eigenvalue weighted by atomic mass is 9.93. The molecule has 2 aromatic rings. The molecular weight excluding hydrogens is 336 g/mol. The van der Waals surface area contributed by atoms with Crippen molar-refractivity contribution in [1.29, 1.82) is 0 Å². The number of carbonyl (C=O) groups is 1. The largest absolute Gasteiger partial charge is 0.341 e. The Morgan fingerprint density at radius 2 is 1.92 bits per heavy atom. The third kappa shape index (κ3) is 5.31. The van der Waals surface area contributed by atoms with Crippen LogP contribution >= 0.6 is 12.4 Å². The van der Waals surface area contributed by atoms with Crippen LogP contribution in [0.3, 0.4) is 0 Å². The molecule has 0 saturated heterocycles. The number of benzene rings is 1. The monoisotopic (exact) mass is 364 g/mol. The predicted molar refractivity (Wildman–Crippen MR) is 104 cm³/mol. The van der Waals surface area contributed by atoms with Gasteiger partial charge in [-0.25, -0.2) is 0 Å². The minimum Gasteiger partial charge on any atom is -0.341 e. The zero-order valence-electron chi connectivity index (χ0n) is 15.5. The van der Waals surface area contributed by atoms with Gasteiger partial charge in [-0.2, -0.15) is 5.10 Å². The van der Waals surface area contributed by atoms with Gasteiger partial charge >= 0.3 is 0 Å². The summed E-state index contributed by atoms with van der Waals surface area (Å²) in [6.45, 7) is 8.02. The van der Waals surface area contributed by atoms with E-state index in [0.29, 0.717) is 25.2 Å². The van der Waals surface area contributed by atoms with Crippen LogP contribution in [0.25, 0.3) is 0 Å². The van der Waals surface area contributed by atoms with E-state index in [4.69, 9.17) is 5.73 Å². The van der Waals surface area contributed by atoms with Crippen molar-refractivity contribution in [3.63, 3.8) is 0 Å². The summed E-state index contributed by atoms with van der Waals surface area (Å²) in [6.07, 6.45) is 2.46. The van der Waals surface area contributed by atoms with Gasteiger partial charge in [-0.15, -0.1) is 12.4 Å². The van der Waals surface area contributed by atoms with Gasteiger partial charge in [0.25, 0.3) is 5.91 Å². The second kappa shape index (κ2) is 9.02. The molecule has 0 radical (unpaired) electrons. The number of carbonyl (C=O) groups excluding carboxylic acids is 1. The Morgan fingerprint density at radius 1 is 1.28 bits per heavy atom. The molecule has 0 fully saturated rings. The Hall–Kier alpha value is -1.85. The molecule has 25 heavy (non-hydrogen) atoms. The van der Waals surface area contributed by atoms with Crippen molar-refractivity contribution >= 4 is 18.3 Å². The van der Waals surface area contributed by atoms with E-state index >= 15 is 0 Å². The average Bonchev–Trinajstić information content (AvgIpc) is 2.97. The van der Waals surface area contributed by atoms with Crippen molar-refractivity contribution in [2.75, 3.05) is 20.1 Å².